The maximum atomic E-state index is 9.44. The Balaban J connectivity index is 2.63. The lowest BCUT2D eigenvalue weighted by Crippen LogP contribution is -1.93. The minimum Gasteiger partial charge on any atom is -0.507 e. The predicted octanol–water partition coefficient (Wildman–Crippen LogP) is 1.52. The van der Waals surface area contributed by atoms with Crippen molar-refractivity contribution < 1.29 is 10.3 Å². The molecule has 0 fully saturated rings. The van der Waals surface area contributed by atoms with Crippen LogP contribution in [-0.4, -0.2) is 16.0 Å². The Morgan fingerprint density at radius 1 is 1.25 bits per heavy atom. The topological polar surface area (TPSA) is 52.8 Å². The summed E-state index contributed by atoms with van der Waals surface area (Å²) < 4.78 is 0. The van der Waals surface area contributed by atoms with Gasteiger partial charge in [0.05, 0.1) is 5.71 Å². The molecular formula is C9H9NO2. The van der Waals surface area contributed by atoms with Crippen LogP contribution in [0.25, 0.3) is 0 Å². The van der Waals surface area contributed by atoms with Crippen LogP contribution in [0.2, 0.25) is 0 Å². The van der Waals surface area contributed by atoms with Gasteiger partial charge in [0.25, 0.3) is 0 Å². The molecule has 1 aromatic rings. The zero-order valence-corrected chi connectivity index (χ0v) is 6.49. The number of phenols is 1. The van der Waals surface area contributed by atoms with Crippen molar-refractivity contribution in [2.45, 2.75) is 12.8 Å². The fourth-order valence-electron chi connectivity index (χ4n) is 1.61. The Morgan fingerprint density at radius 2 is 2.08 bits per heavy atom. The number of rotatable bonds is 0. The molecule has 0 bridgehead atoms. The lowest BCUT2D eigenvalue weighted by atomic mass is 10.1. The molecule has 0 amide bonds. The first-order valence-electron chi connectivity index (χ1n) is 3.85. The monoisotopic (exact) mass is 163 g/mol. The zero-order chi connectivity index (χ0) is 8.55. The Morgan fingerprint density at radius 3 is 2.83 bits per heavy atom. The first kappa shape index (κ1) is 7.16. The average molecular weight is 163 g/mol. The third-order valence-corrected chi connectivity index (χ3v) is 2.17. The van der Waals surface area contributed by atoms with E-state index < -0.39 is 0 Å². The van der Waals surface area contributed by atoms with E-state index in [1.165, 1.54) is 0 Å². The summed E-state index contributed by atoms with van der Waals surface area (Å²) in [7, 11) is 0. The normalized spacial score (nSPS) is 18.2. The Labute approximate surface area is 70.0 Å². The summed E-state index contributed by atoms with van der Waals surface area (Å²) in [4.78, 5) is 0. The molecule has 0 atom stereocenters. The van der Waals surface area contributed by atoms with Crippen molar-refractivity contribution in [3.8, 4) is 5.75 Å². The van der Waals surface area contributed by atoms with Crippen LogP contribution < -0.4 is 0 Å². The SMILES string of the molecule is ON=C1CCc2cccc(O)c21. The molecule has 0 heterocycles. The van der Waals surface area contributed by atoms with E-state index in [0.717, 1.165) is 12.0 Å². The van der Waals surface area contributed by atoms with Crippen LogP contribution in [0.15, 0.2) is 23.4 Å². The van der Waals surface area contributed by atoms with Crippen molar-refractivity contribution in [3.05, 3.63) is 29.3 Å². The fraction of sp³-hybridized carbons (Fsp3) is 0.222. The van der Waals surface area contributed by atoms with Crippen molar-refractivity contribution in [2.75, 3.05) is 0 Å². The molecule has 0 aromatic heterocycles. The van der Waals surface area contributed by atoms with Gasteiger partial charge >= 0.3 is 0 Å². The standard InChI is InChI=1S/C9H9NO2/c11-8-3-1-2-6-4-5-7(10-12)9(6)8/h1-3,11-12H,4-5H2. The first-order valence-corrected chi connectivity index (χ1v) is 3.85. The van der Waals surface area contributed by atoms with Gasteiger partial charge in [0.2, 0.25) is 0 Å². The molecule has 3 nitrogen and oxygen atoms in total. The number of nitrogens with zero attached hydrogens (tertiary/aromatic N) is 1. The molecule has 2 rings (SSSR count). The van der Waals surface area contributed by atoms with E-state index in [1.54, 1.807) is 12.1 Å². The molecule has 0 saturated carbocycles. The third kappa shape index (κ3) is 0.863. The molecule has 0 radical (unpaired) electrons. The highest BCUT2D eigenvalue weighted by atomic mass is 16.4. The van der Waals surface area contributed by atoms with Gasteiger partial charge < -0.3 is 10.3 Å². The minimum absolute atomic E-state index is 0.206. The molecular weight excluding hydrogens is 154 g/mol. The molecule has 1 aliphatic carbocycles. The molecule has 0 spiro atoms. The molecule has 1 aliphatic rings. The smallest absolute Gasteiger partial charge is 0.125 e. The predicted molar refractivity (Wildman–Crippen MR) is 44.8 cm³/mol. The van der Waals surface area contributed by atoms with Gasteiger partial charge in [-0.1, -0.05) is 17.3 Å². The number of aryl methyl sites for hydroxylation is 1. The molecule has 1 aromatic carbocycles. The van der Waals surface area contributed by atoms with E-state index >= 15 is 0 Å². The number of oxime groups is 1. The zero-order valence-electron chi connectivity index (χ0n) is 6.49. The van der Waals surface area contributed by atoms with Crippen molar-refractivity contribution >= 4 is 5.71 Å². The number of fused-ring (bicyclic) bond motifs is 1. The lowest BCUT2D eigenvalue weighted by Gasteiger charge is -2.00. The molecule has 12 heavy (non-hydrogen) atoms. The van der Waals surface area contributed by atoms with Crippen molar-refractivity contribution in [3.63, 3.8) is 0 Å². The summed E-state index contributed by atoms with van der Waals surface area (Å²) in [5, 5.41) is 21.2. The van der Waals surface area contributed by atoms with Gasteiger partial charge in [0, 0.05) is 5.56 Å². The highest BCUT2D eigenvalue weighted by Crippen LogP contribution is 2.29. The van der Waals surface area contributed by atoms with Gasteiger partial charge in [-0.15, -0.1) is 0 Å². The summed E-state index contributed by atoms with van der Waals surface area (Å²) in [5.41, 5.74) is 2.35. The van der Waals surface area contributed by atoms with Crippen molar-refractivity contribution in [1.82, 2.24) is 0 Å². The largest absolute Gasteiger partial charge is 0.507 e. The Hall–Kier alpha value is -1.51. The van der Waals surface area contributed by atoms with Gasteiger partial charge in [-0.2, -0.15) is 0 Å². The average Bonchev–Trinajstić information content (AvgIpc) is 2.49. The molecule has 3 heteroatoms. The van der Waals surface area contributed by atoms with Gasteiger partial charge in [-0.05, 0) is 24.5 Å². The summed E-state index contributed by atoms with van der Waals surface area (Å²) in [6.45, 7) is 0. The molecule has 0 unspecified atom stereocenters. The lowest BCUT2D eigenvalue weighted by molar-refractivity contribution is 0.318. The third-order valence-electron chi connectivity index (χ3n) is 2.17. The highest BCUT2D eigenvalue weighted by molar-refractivity contribution is 6.06. The molecule has 0 aliphatic heterocycles. The van der Waals surface area contributed by atoms with E-state index in [9.17, 15) is 5.11 Å². The molecule has 62 valence electrons. The van der Waals surface area contributed by atoms with Gasteiger partial charge in [-0.25, -0.2) is 0 Å². The molecule has 0 saturated heterocycles. The van der Waals surface area contributed by atoms with Crippen LogP contribution in [0, 0.1) is 0 Å². The minimum atomic E-state index is 0.206. The van der Waals surface area contributed by atoms with Crippen LogP contribution in [-0.2, 0) is 6.42 Å². The number of hydrogen-bond acceptors (Lipinski definition) is 3. The Kier molecular flexibility index (Phi) is 1.50. The van der Waals surface area contributed by atoms with Crippen LogP contribution >= 0.6 is 0 Å². The van der Waals surface area contributed by atoms with E-state index in [-0.39, 0.29) is 5.75 Å². The fourth-order valence-corrected chi connectivity index (χ4v) is 1.61. The van der Waals surface area contributed by atoms with Crippen molar-refractivity contribution in [1.29, 1.82) is 0 Å². The maximum absolute atomic E-state index is 9.44. The number of benzene rings is 1. The summed E-state index contributed by atoms with van der Waals surface area (Å²) in [6.07, 6.45) is 1.56. The highest BCUT2D eigenvalue weighted by Gasteiger charge is 2.20. The maximum Gasteiger partial charge on any atom is 0.125 e. The number of hydrogen-bond donors (Lipinski definition) is 2. The second-order valence-corrected chi connectivity index (χ2v) is 2.86. The van der Waals surface area contributed by atoms with Crippen LogP contribution in [0.3, 0.4) is 0 Å². The number of phenolic OH excluding ortho intramolecular Hbond substituents is 1. The first-order chi connectivity index (χ1) is 5.83. The van der Waals surface area contributed by atoms with Crippen LogP contribution in [0.4, 0.5) is 0 Å². The van der Waals surface area contributed by atoms with Gasteiger partial charge in [0.15, 0.2) is 0 Å². The summed E-state index contributed by atoms with van der Waals surface area (Å²) >= 11 is 0. The number of aromatic hydroxyl groups is 1. The van der Waals surface area contributed by atoms with Gasteiger partial charge in [-0.3, -0.25) is 0 Å². The van der Waals surface area contributed by atoms with E-state index in [4.69, 9.17) is 5.21 Å². The van der Waals surface area contributed by atoms with Crippen molar-refractivity contribution in [2.24, 2.45) is 5.16 Å². The second kappa shape index (κ2) is 2.52. The summed E-state index contributed by atoms with van der Waals surface area (Å²) in [6, 6.07) is 5.34. The summed E-state index contributed by atoms with van der Waals surface area (Å²) in [5.74, 6) is 0.206. The van der Waals surface area contributed by atoms with E-state index in [2.05, 4.69) is 5.16 Å². The Bertz CT molecular complexity index is 344. The van der Waals surface area contributed by atoms with E-state index in [0.29, 0.717) is 17.7 Å². The van der Waals surface area contributed by atoms with Crippen LogP contribution in [0.5, 0.6) is 5.75 Å². The second-order valence-electron chi connectivity index (χ2n) is 2.86. The van der Waals surface area contributed by atoms with Crippen LogP contribution in [0.1, 0.15) is 17.5 Å². The van der Waals surface area contributed by atoms with E-state index in [1.807, 2.05) is 6.07 Å². The molecule has 2 N–H and O–H groups in total. The quantitative estimate of drug-likeness (QED) is 0.450. The van der Waals surface area contributed by atoms with Gasteiger partial charge in [0.1, 0.15) is 5.75 Å².